The molecule has 1 aromatic rings. The molecule has 0 aromatic heterocycles. The van der Waals surface area contributed by atoms with Gasteiger partial charge in [-0.25, -0.2) is 0 Å². The summed E-state index contributed by atoms with van der Waals surface area (Å²) < 4.78 is 0. The summed E-state index contributed by atoms with van der Waals surface area (Å²) in [4.78, 5) is 11.9. The molecule has 1 atom stereocenters. The van der Waals surface area contributed by atoms with Gasteiger partial charge in [-0.1, -0.05) is 60.7 Å². The number of carbonyl (C=O) groups is 1. The molecule has 22 heavy (non-hydrogen) atoms. The first kappa shape index (κ1) is 16.3. The van der Waals surface area contributed by atoms with Gasteiger partial charge in [0.2, 0.25) is 0 Å². The Morgan fingerprint density at radius 2 is 2.05 bits per heavy atom. The van der Waals surface area contributed by atoms with Gasteiger partial charge >= 0.3 is 7.12 Å². The average Bonchev–Trinajstić information content (AvgIpc) is 2.56. The zero-order valence-electron chi connectivity index (χ0n) is 12.4. The highest BCUT2D eigenvalue weighted by molar-refractivity contribution is 6.46. The Labute approximate surface area is 131 Å². The Balaban J connectivity index is 1.82. The van der Waals surface area contributed by atoms with E-state index in [1.165, 1.54) is 0 Å². The molecule has 1 aromatic carbocycles. The van der Waals surface area contributed by atoms with Crippen LogP contribution in [0.15, 0.2) is 66.9 Å². The van der Waals surface area contributed by atoms with Gasteiger partial charge in [0.15, 0.2) is 5.78 Å². The van der Waals surface area contributed by atoms with E-state index in [-0.39, 0.29) is 12.3 Å². The van der Waals surface area contributed by atoms with Crippen LogP contribution in [0.2, 0.25) is 5.31 Å². The minimum atomic E-state index is -1.41. The number of rotatable bonds is 7. The minimum Gasteiger partial charge on any atom is -0.426 e. The van der Waals surface area contributed by atoms with Crippen molar-refractivity contribution in [1.29, 1.82) is 0 Å². The third kappa shape index (κ3) is 4.19. The number of nitrogens with one attached hydrogen (secondary N) is 1. The maximum atomic E-state index is 11.9. The molecule has 114 valence electrons. The fourth-order valence-electron chi connectivity index (χ4n) is 2.37. The van der Waals surface area contributed by atoms with Crippen LogP contribution in [0.25, 0.3) is 0 Å². The van der Waals surface area contributed by atoms with Crippen LogP contribution in [-0.4, -0.2) is 29.5 Å². The molecule has 0 fully saturated rings. The fourth-order valence-corrected chi connectivity index (χ4v) is 2.37. The summed E-state index contributed by atoms with van der Waals surface area (Å²) in [5.74, 6) is 0.0163. The molecular formula is C17H20BNO3. The highest BCUT2D eigenvalue weighted by atomic mass is 16.4. The van der Waals surface area contributed by atoms with Crippen LogP contribution in [-0.2, 0) is 0 Å². The second-order valence-electron chi connectivity index (χ2n) is 5.37. The van der Waals surface area contributed by atoms with E-state index in [4.69, 9.17) is 0 Å². The lowest BCUT2D eigenvalue weighted by molar-refractivity contribution is 0.0995. The summed E-state index contributed by atoms with van der Waals surface area (Å²) in [6, 6.07) is 9.10. The van der Waals surface area contributed by atoms with Crippen molar-refractivity contribution in [3.8, 4) is 0 Å². The molecule has 0 radical (unpaired) electrons. The third-order valence-corrected chi connectivity index (χ3v) is 3.78. The van der Waals surface area contributed by atoms with Gasteiger partial charge in [-0.2, -0.15) is 0 Å². The van der Waals surface area contributed by atoms with Gasteiger partial charge in [0.05, 0.1) is 6.54 Å². The lowest BCUT2D eigenvalue weighted by atomic mass is 9.53. The largest absolute Gasteiger partial charge is 0.462 e. The molecule has 0 spiro atoms. The lowest BCUT2D eigenvalue weighted by Gasteiger charge is -2.28. The Morgan fingerprint density at radius 3 is 2.68 bits per heavy atom. The fraction of sp³-hybridized carbons (Fsp3) is 0.235. The first-order valence-corrected chi connectivity index (χ1v) is 7.31. The van der Waals surface area contributed by atoms with E-state index in [1.807, 2.05) is 48.6 Å². The summed E-state index contributed by atoms with van der Waals surface area (Å²) >= 11 is 0. The standard InChI is InChI=1S/C17H20BNO3/c20-16(15-8-3-1-4-9-15)14-19-13-7-12-17(18(21)22)10-5-2-6-11-17/h1-10,13,19,21-22H,11-12,14H2. The van der Waals surface area contributed by atoms with Crippen LogP contribution < -0.4 is 5.32 Å². The van der Waals surface area contributed by atoms with Crippen molar-refractivity contribution in [2.75, 3.05) is 6.54 Å². The van der Waals surface area contributed by atoms with Crippen LogP contribution >= 0.6 is 0 Å². The van der Waals surface area contributed by atoms with E-state index in [2.05, 4.69) is 5.32 Å². The van der Waals surface area contributed by atoms with Gasteiger partial charge < -0.3 is 15.4 Å². The van der Waals surface area contributed by atoms with Crippen LogP contribution in [0, 0.1) is 0 Å². The number of ketones is 1. The predicted molar refractivity (Wildman–Crippen MR) is 88.3 cm³/mol. The normalized spacial score (nSPS) is 20.3. The highest BCUT2D eigenvalue weighted by Gasteiger charge is 2.38. The van der Waals surface area contributed by atoms with Gasteiger partial charge in [-0.3, -0.25) is 4.79 Å². The number of Topliss-reactive ketones (excluding diaryl/α,β-unsaturated/α-hetero) is 1. The molecule has 5 heteroatoms. The lowest BCUT2D eigenvalue weighted by Crippen LogP contribution is -2.31. The SMILES string of the molecule is O=C(CNC=CCC1(B(O)O)C=CC=CC1)c1ccccc1. The summed E-state index contributed by atoms with van der Waals surface area (Å²) in [6.07, 6.45) is 12.0. The molecule has 0 saturated heterocycles. The molecule has 3 N–H and O–H groups in total. The first-order chi connectivity index (χ1) is 10.6. The summed E-state index contributed by atoms with van der Waals surface area (Å²) in [6.45, 7) is 0.213. The molecule has 0 bridgehead atoms. The summed E-state index contributed by atoms with van der Waals surface area (Å²) in [7, 11) is -1.41. The van der Waals surface area contributed by atoms with Crippen LogP contribution in [0.5, 0.6) is 0 Å². The van der Waals surface area contributed by atoms with Crippen LogP contribution in [0.4, 0.5) is 0 Å². The maximum absolute atomic E-state index is 11.9. The molecular weight excluding hydrogens is 277 g/mol. The summed E-state index contributed by atoms with van der Waals surface area (Å²) in [5.41, 5.74) is 0.672. The first-order valence-electron chi connectivity index (χ1n) is 7.31. The van der Waals surface area contributed by atoms with Gasteiger partial charge in [0.1, 0.15) is 0 Å². The molecule has 0 heterocycles. The third-order valence-electron chi connectivity index (χ3n) is 3.78. The van der Waals surface area contributed by atoms with E-state index < -0.39 is 12.4 Å². The molecule has 0 aliphatic heterocycles. The smallest absolute Gasteiger partial charge is 0.426 e. The molecule has 1 aliphatic rings. The molecule has 0 amide bonds. The number of hydrogen-bond acceptors (Lipinski definition) is 4. The zero-order chi connectivity index (χ0) is 15.8. The minimum absolute atomic E-state index is 0.0163. The van der Waals surface area contributed by atoms with Gasteiger partial charge in [0.25, 0.3) is 0 Å². The van der Waals surface area contributed by atoms with E-state index >= 15 is 0 Å². The van der Waals surface area contributed by atoms with Crippen molar-refractivity contribution >= 4 is 12.9 Å². The van der Waals surface area contributed by atoms with Crippen LogP contribution in [0.3, 0.4) is 0 Å². The second kappa shape index (κ2) is 7.78. The van der Waals surface area contributed by atoms with Crippen molar-refractivity contribution < 1.29 is 14.8 Å². The second-order valence-corrected chi connectivity index (χ2v) is 5.37. The number of hydrogen-bond donors (Lipinski definition) is 3. The maximum Gasteiger partial charge on any atom is 0.462 e. The average molecular weight is 297 g/mol. The van der Waals surface area contributed by atoms with E-state index in [0.29, 0.717) is 18.4 Å². The topological polar surface area (TPSA) is 69.6 Å². The summed E-state index contributed by atoms with van der Waals surface area (Å²) in [5, 5.41) is 21.4. The highest BCUT2D eigenvalue weighted by Crippen LogP contribution is 2.41. The number of benzene rings is 1. The Hall–Kier alpha value is -2.11. The quantitative estimate of drug-likeness (QED) is 0.532. The van der Waals surface area contributed by atoms with Crippen molar-refractivity contribution in [2.24, 2.45) is 0 Å². The van der Waals surface area contributed by atoms with Crippen molar-refractivity contribution in [3.05, 3.63) is 72.5 Å². The molecule has 1 unspecified atom stereocenters. The molecule has 2 rings (SSSR count). The van der Waals surface area contributed by atoms with Crippen molar-refractivity contribution in [1.82, 2.24) is 5.32 Å². The van der Waals surface area contributed by atoms with Crippen molar-refractivity contribution in [3.63, 3.8) is 0 Å². The monoisotopic (exact) mass is 297 g/mol. The number of allylic oxidation sites excluding steroid dienone is 5. The van der Waals surface area contributed by atoms with Gasteiger partial charge in [-0.05, 0) is 19.0 Å². The predicted octanol–water partition coefficient (Wildman–Crippen LogP) is 2.09. The van der Waals surface area contributed by atoms with Crippen molar-refractivity contribution in [2.45, 2.75) is 18.2 Å². The Bertz CT molecular complexity index is 581. The molecule has 1 aliphatic carbocycles. The van der Waals surface area contributed by atoms with E-state index in [1.54, 1.807) is 18.3 Å². The number of carbonyl (C=O) groups excluding carboxylic acids is 1. The van der Waals surface area contributed by atoms with E-state index in [9.17, 15) is 14.8 Å². The Morgan fingerprint density at radius 1 is 1.27 bits per heavy atom. The zero-order valence-corrected chi connectivity index (χ0v) is 12.4. The molecule has 4 nitrogen and oxygen atoms in total. The molecule has 0 saturated carbocycles. The Kier molecular flexibility index (Phi) is 5.75. The van der Waals surface area contributed by atoms with E-state index in [0.717, 1.165) is 0 Å². The van der Waals surface area contributed by atoms with Gasteiger partial charge in [0, 0.05) is 10.9 Å². The van der Waals surface area contributed by atoms with Crippen LogP contribution in [0.1, 0.15) is 23.2 Å². The van der Waals surface area contributed by atoms with Gasteiger partial charge in [-0.15, -0.1) is 0 Å².